The fourth-order valence-corrected chi connectivity index (χ4v) is 3.62. The van der Waals surface area contributed by atoms with E-state index in [2.05, 4.69) is 44.7 Å². The Bertz CT molecular complexity index is 843. The van der Waals surface area contributed by atoms with E-state index in [1.165, 1.54) is 5.56 Å². The Morgan fingerprint density at radius 3 is 2.17 bits per heavy atom. The van der Waals surface area contributed by atoms with Crippen molar-refractivity contribution >= 4 is 23.2 Å². The molecule has 1 aliphatic carbocycles. The molecule has 2 fully saturated rings. The standard InChI is InChI=1S/C23H28N4O2/c28-22(24-20-7-4-8-21(15-20)25-23(29)19-9-10-19)17-27-13-11-26(12-14-27)16-18-5-2-1-3-6-18/h1-8,15,19H,9-14,16-17H2,(H,24,28)(H,25,29). The second kappa shape index (κ2) is 9.20. The van der Waals surface area contributed by atoms with Gasteiger partial charge in [-0.2, -0.15) is 0 Å². The molecule has 0 unspecified atom stereocenters. The Hall–Kier alpha value is -2.70. The van der Waals surface area contributed by atoms with Crippen LogP contribution in [0.15, 0.2) is 54.6 Å². The summed E-state index contributed by atoms with van der Waals surface area (Å²) in [6.07, 6.45) is 1.95. The lowest BCUT2D eigenvalue weighted by Gasteiger charge is -2.34. The van der Waals surface area contributed by atoms with Crippen LogP contribution in [0.2, 0.25) is 0 Å². The van der Waals surface area contributed by atoms with Gasteiger partial charge in [-0.05, 0) is 36.6 Å². The molecule has 6 nitrogen and oxygen atoms in total. The molecule has 2 aliphatic rings. The number of carbonyl (C=O) groups is 2. The Morgan fingerprint density at radius 1 is 0.828 bits per heavy atom. The Morgan fingerprint density at radius 2 is 1.48 bits per heavy atom. The Kier molecular flexibility index (Phi) is 6.22. The first-order valence-corrected chi connectivity index (χ1v) is 10.3. The van der Waals surface area contributed by atoms with Crippen molar-refractivity contribution in [2.75, 3.05) is 43.4 Å². The van der Waals surface area contributed by atoms with E-state index in [-0.39, 0.29) is 17.7 Å². The summed E-state index contributed by atoms with van der Waals surface area (Å²) in [6.45, 7) is 5.04. The van der Waals surface area contributed by atoms with Crippen LogP contribution in [0, 0.1) is 5.92 Å². The molecular formula is C23H28N4O2. The van der Waals surface area contributed by atoms with E-state index < -0.39 is 0 Å². The van der Waals surface area contributed by atoms with Gasteiger partial charge < -0.3 is 10.6 Å². The third-order valence-corrected chi connectivity index (χ3v) is 5.44. The van der Waals surface area contributed by atoms with Crippen molar-refractivity contribution in [3.8, 4) is 0 Å². The smallest absolute Gasteiger partial charge is 0.238 e. The van der Waals surface area contributed by atoms with E-state index in [1.54, 1.807) is 0 Å². The molecule has 0 bridgehead atoms. The van der Waals surface area contributed by atoms with Crippen LogP contribution < -0.4 is 10.6 Å². The lowest BCUT2D eigenvalue weighted by molar-refractivity contribution is -0.118. The molecule has 2 amide bonds. The summed E-state index contributed by atoms with van der Waals surface area (Å²) in [5.41, 5.74) is 2.77. The number of benzene rings is 2. The number of nitrogens with zero attached hydrogens (tertiary/aromatic N) is 2. The van der Waals surface area contributed by atoms with Crippen LogP contribution in [0.4, 0.5) is 11.4 Å². The average molecular weight is 393 g/mol. The van der Waals surface area contributed by atoms with Crippen molar-refractivity contribution < 1.29 is 9.59 Å². The summed E-state index contributed by atoms with van der Waals surface area (Å²) in [5, 5.41) is 5.87. The molecule has 6 heteroatoms. The zero-order valence-electron chi connectivity index (χ0n) is 16.6. The maximum atomic E-state index is 12.5. The van der Waals surface area contributed by atoms with Crippen molar-refractivity contribution in [3.05, 3.63) is 60.2 Å². The minimum atomic E-state index is -0.0211. The maximum absolute atomic E-state index is 12.5. The number of amides is 2. The number of piperazine rings is 1. The van der Waals surface area contributed by atoms with Gasteiger partial charge in [-0.1, -0.05) is 36.4 Å². The molecule has 29 heavy (non-hydrogen) atoms. The number of anilines is 2. The molecule has 4 rings (SSSR count). The van der Waals surface area contributed by atoms with Crippen LogP contribution in [0.25, 0.3) is 0 Å². The molecule has 1 heterocycles. The third-order valence-electron chi connectivity index (χ3n) is 5.44. The van der Waals surface area contributed by atoms with Gasteiger partial charge in [-0.25, -0.2) is 0 Å². The molecule has 0 atom stereocenters. The SMILES string of the molecule is O=C(CN1CCN(Cc2ccccc2)CC1)Nc1cccc(NC(=O)C2CC2)c1. The number of carbonyl (C=O) groups excluding carboxylic acids is 2. The van der Waals surface area contributed by atoms with Crippen LogP contribution in [0.5, 0.6) is 0 Å². The number of nitrogens with one attached hydrogen (secondary N) is 2. The minimum absolute atomic E-state index is 0.0211. The van der Waals surface area contributed by atoms with Gasteiger partial charge in [0, 0.05) is 50.0 Å². The van der Waals surface area contributed by atoms with E-state index in [1.807, 2.05) is 30.3 Å². The van der Waals surface area contributed by atoms with E-state index in [4.69, 9.17) is 0 Å². The van der Waals surface area contributed by atoms with Gasteiger partial charge in [0.2, 0.25) is 11.8 Å². The van der Waals surface area contributed by atoms with Gasteiger partial charge >= 0.3 is 0 Å². The molecule has 1 saturated heterocycles. The van der Waals surface area contributed by atoms with Crippen molar-refractivity contribution in [2.45, 2.75) is 19.4 Å². The van der Waals surface area contributed by atoms with E-state index in [0.717, 1.165) is 51.3 Å². The summed E-state index contributed by atoms with van der Waals surface area (Å²) < 4.78 is 0. The Balaban J connectivity index is 1.21. The monoisotopic (exact) mass is 392 g/mol. The quantitative estimate of drug-likeness (QED) is 0.761. The third kappa shape index (κ3) is 5.89. The molecule has 0 spiro atoms. The van der Waals surface area contributed by atoms with Crippen molar-refractivity contribution in [3.63, 3.8) is 0 Å². The normalized spacial score (nSPS) is 17.7. The zero-order chi connectivity index (χ0) is 20.1. The molecule has 152 valence electrons. The Labute approximate surface area is 171 Å². The fourth-order valence-electron chi connectivity index (χ4n) is 3.62. The lowest BCUT2D eigenvalue weighted by atomic mass is 10.2. The highest BCUT2D eigenvalue weighted by molar-refractivity contribution is 5.96. The molecule has 0 radical (unpaired) electrons. The number of hydrogen-bond acceptors (Lipinski definition) is 4. The summed E-state index contributed by atoms with van der Waals surface area (Å²) >= 11 is 0. The minimum Gasteiger partial charge on any atom is -0.326 e. The summed E-state index contributed by atoms with van der Waals surface area (Å²) in [5.74, 6) is 0.211. The molecule has 2 aromatic rings. The predicted molar refractivity (Wildman–Crippen MR) is 115 cm³/mol. The van der Waals surface area contributed by atoms with E-state index in [0.29, 0.717) is 12.2 Å². The summed E-state index contributed by atoms with van der Waals surface area (Å²) in [7, 11) is 0. The maximum Gasteiger partial charge on any atom is 0.238 e. The number of hydrogen-bond donors (Lipinski definition) is 2. The van der Waals surface area contributed by atoms with Gasteiger partial charge in [-0.15, -0.1) is 0 Å². The van der Waals surface area contributed by atoms with Gasteiger partial charge in [0.1, 0.15) is 0 Å². The van der Waals surface area contributed by atoms with Crippen LogP contribution >= 0.6 is 0 Å². The zero-order valence-corrected chi connectivity index (χ0v) is 16.6. The average Bonchev–Trinajstić information content (AvgIpc) is 3.56. The molecular weight excluding hydrogens is 364 g/mol. The first-order valence-electron chi connectivity index (χ1n) is 10.3. The molecule has 2 N–H and O–H groups in total. The van der Waals surface area contributed by atoms with Crippen LogP contribution in [0.1, 0.15) is 18.4 Å². The second-order valence-corrected chi connectivity index (χ2v) is 7.93. The summed E-state index contributed by atoms with van der Waals surface area (Å²) in [6, 6.07) is 17.9. The highest BCUT2D eigenvalue weighted by atomic mass is 16.2. The molecule has 1 saturated carbocycles. The highest BCUT2D eigenvalue weighted by Gasteiger charge is 2.29. The van der Waals surface area contributed by atoms with E-state index in [9.17, 15) is 9.59 Å². The summed E-state index contributed by atoms with van der Waals surface area (Å²) in [4.78, 5) is 29.0. The first kappa shape index (κ1) is 19.6. The van der Waals surface area contributed by atoms with Gasteiger partial charge in [0.25, 0.3) is 0 Å². The van der Waals surface area contributed by atoms with Crippen LogP contribution in [-0.4, -0.2) is 54.3 Å². The van der Waals surface area contributed by atoms with Crippen molar-refractivity contribution in [1.82, 2.24) is 9.80 Å². The predicted octanol–water partition coefficient (Wildman–Crippen LogP) is 2.79. The van der Waals surface area contributed by atoms with Gasteiger partial charge in [0.15, 0.2) is 0 Å². The first-order chi connectivity index (χ1) is 14.2. The number of rotatable bonds is 7. The fraction of sp³-hybridized carbons (Fsp3) is 0.391. The van der Waals surface area contributed by atoms with E-state index >= 15 is 0 Å². The topological polar surface area (TPSA) is 64.7 Å². The van der Waals surface area contributed by atoms with Crippen molar-refractivity contribution in [1.29, 1.82) is 0 Å². The molecule has 1 aliphatic heterocycles. The largest absolute Gasteiger partial charge is 0.326 e. The lowest BCUT2D eigenvalue weighted by Crippen LogP contribution is -2.48. The molecule has 0 aromatic heterocycles. The van der Waals surface area contributed by atoms with Crippen LogP contribution in [0.3, 0.4) is 0 Å². The van der Waals surface area contributed by atoms with Gasteiger partial charge in [0.05, 0.1) is 6.54 Å². The highest BCUT2D eigenvalue weighted by Crippen LogP contribution is 2.30. The van der Waals surface area contributed by atoms with Gasteiger partial charge in [-0.3, -0.25) is 19.4 Å². The van der Waals surface area contributed by atoms with Crippen molar-refractivity contribution in [2.24, 2.45) is 5.92 Å². The van der Waals surface area contributed by atoms with Crippen LogP contribution in [-0.2, 0) is 16.1 Å². The molecule has 2 aromatic carbocycles. The second-order valence-electron chi connectivity index (χ2n) is 7.93.